The van der Waals surface area contributed by atoms with Gasteiger partial charge in [-0.2, -0.15) is 5.26 Å². The normalized spacial score (nSPS) is 10.5. The Balaban J connectivity index is 1.46. The molecule has 154 valence electrons. The van der Waals surface area contributed by atoms with Gasteiger partial charge in [0.2, 0.25) is 5.91 Å². The van der Waals surface area contributed by atoms with Crippen LogP contribution in [0.15, 0.2) is 54.7 Å². The molecule has 0 saturated heterocycles. The van der Waals surface area contributed by atoms with Gasteiger partial charge in [-0.05, 0) is 53.6 Å². The Morgan fingerprint density at radius 2 is 1.80 bits per heavy atom. The van der Waals surface area contributed by atoms with E-state index in [-0.39, 0.29) is 18.3 Å². The Kier molecular flexibility index (Phi) is 7.23. The van der Waals surface area contributed by atoms with Gasteiger partial charge >= 0.3 is 5.97 Å². The minimum Gasteiger partial charge on any atom is -0.466 e. The van der Waals surface area contributed by atoms with Crippen LogP contribution in [0.1, 0.15) is 30.0 Å². The molecule has 0 aliphatic carbocycles. The van der Waals surface area contributed by atoms with Crippen molar-refractivity contribution < 1.29 is 14.3 Å². The summed E-state index contributed by atoms with van der Waals surface area (Å²) in [6, 6.07) is 17.8. The summed E-state index contributed by atoms with van der Waals surface area (Å²) < 4.78 is 6.85. The van der Waals surface area contributed by atoms with E-state index in [2.05, 4.69) is 17.5 Å². The third kappa shape index (κ3) is 5.71. The maximum atomic E-state index is 12.2. The Morgan fingerprint density at radius 3 is 2.53 bits per heavy atom. The molecule has 0 saturated carbocycles. The maximum Gasteiger partial charge on any atom is 0.310 e. The second-order valence-electron chi connectivity index (χ2n) is 7.07. The number of esters is 1. The van der Waals surface area contributed by atoms with Gasteiger partial charge in [0.15, 0.2) is 0 Å². The summed E-state index contributed by atoms with van der Waals surface area (Å²) in [5.74, 6) is -0.244. The van der Waals surface area contributed by atoms with Gasteiger partial charge in [-0.25, -0.2) is 0 Å². The molecule has 6 nitrogen and oxygen atoms in total. The zero-order valence-electron chi connectivity index (χ0n) is 17.1. The first-order chi connectivity index (χ1) is 14.6. The number of ether oxygens (including phenoxy) is 1. The first-order valence-electron chi connectivity index (χ1n) is 10.0. The van der Waals surface area contributed by atoms with Crippen LogP contribution in [0.25, 0.3) is 10.9 Å². The number of carbonyl (C=O) groups excluding carboxylic acids is 2. The largest absolute Gasteiger partial charge is 0.466 e. The minimum absolute atomic E-state index is 0.00672. The van der Waals surface area contributed by atoms with E-state index < -0.39 is 0 Å². The van der Waals surface area contributed by atoms with Gasteiger partial charge in [0.25, 0.3) is 0 Å². The van der Waals surface area contributed by atoms with Crippen LogP contribution in [0.2, 0.25) is 0 Å². The molecule has 0 bridgehead atoms. The predicted molar refractivity (Wildman–Crippen MR) is 114 cm³/mol. The van der Waals surface area contributed by atoms with Gasteiger partial charge in [0, 0.05) is 24.7 Å². The molecule has 1 N–H and O–H groups in total. The van der Waals surface area contributed by atoms with E-state index in [1.165, 1.54) is 0 Å². The fourth-order valence-corrected chi connectivity index (χ4v) is 3.32. The van der Waals surface area contributed by atoms with Crippen molar-refractivity contribution in [2.45, 2.75) is 39.3 Å². The number of aromatic nitrogens is 1. The van der Waals surface area contributed by atoms with Crippen LogP contribution in [0.3, 0.4) is 0 Å². The van der Waals surface area contributed by atoms with E-state index >= 15 is 0 Å². The second-order valence-corrected chi connectivity index (χ2v) is 7.07. The summed E-state index contributed by atoms with van der Waals surface area (Å²) in [5.41, 5.74) is 3.99. The van der Waals surface area contributed by atoms with Gasteiger partial charge in [0.1, 0.15) is 6.54 Å². The highest BCUT2D eigenvalue weighted by Crippen LogP contribution is 2.18. The smallest absolute Gasteiger partial charge is 0.310 e. The van der Waals surface area contributed by atoms with E-state index in [1.54, 1.807) is 6.92 Å². The van der Waals surface area contributed by atoms with E-state index in [0.29, 0.717) is 32.5 Å². The number of aryl methyl sites for hydroxylation is 1. The average Bonchev–Trinajstić information content (AvgIpc) is 3.14. The molecule has 1 amide bonds. The molecule has 3 rings (SSSR count). The van der Waals surface area contributed by atoms with Gasteiger partial charge in [-0.1, -0.05) is 30.3 Å². The molecular weight excluding hydrogens is 378 g/mol. The van der Waals surface area contributed by atoms with Crippen molar-refractivity contribution in [1.29, 1.82) is 5.26 Å². The minimum atomic E-state index is -0.238. The number of benzene rings is 2. The molecule has 0 atom stereocenters. The number of nitrogens with one attached hydrogen (secondary N) is 1. The third-order valence-corrected chi connectivity index (χ3v) is 4.88. The first kappa shape index (κ1) is 21.1. The van der Waals surface area contributed by atoms with E-state index in [9.17, 15) is 9.59 Å². The first-order valence-corrected chi connectivity index (χ1v) is 10.0. The SMILES string of the molecule is CCOC(=O)Cc1ccc(CNC(=O)CCc2ccc3c(ccn3CC#N)c2)cc1. The zero-order valence-corrected chi connectivity index (χ0v) is 17.1. The number of nitriles is 1. The number of fused-ring (bicyclic) bond motifs is 1. The summed E-state index contributed by atoms with van der Waals surface area (Å²) in [6.07, 6.45) is 3.22. The van der Waals surface area contributed by atoms with Crippen LogP contribution >= 0.6 is 0 Å². The number of rotatable bonds is 9. The summed E-state index contributed by atoms with van der Waals surface area (Å²) in [6.45, 7) is 2.95. The lowest BCUT2D eigenvalue weighted by Crippen LogP contribution is -2.23. The standard InChI is InChI=1S/C24H25N3O3/c1-2-30-24(29)16-19-3-5-20(6-4-19)17-26-23(28)10-8-18-7-9-22-21(15-18)11-13-27(22)14-12-25/h3-7,9,11,13,15H,2,8,10,14,16-17H2,1H3,(H,26,28). The molecule has 1 aromatic heterocycles. The molecule has 6 heteroatoms. The average molecular weight is 403 g/mol. The molecule has 2 aromatic carbocycles. The Morgan fingerprint density at radius 1 is 1.07 bits per heavy atom. The van der Waals surface area contributed by atoms with Crippen molar-refractivity contribution in [2.75, 3.05) is 6.61 Å². The third-order valence-electron chi connectivity index (χ3n) is 4.88. The fourth-order valence-electron chi connectivity index (χ4n) is 3.32. The van der Waals surface area contributed by atoms with Crippen molar-refractivity contribution in [3.8, 4) is 6.07 Å². The van der Waals surface area contributed by atoms with Crippen molar-refractivity contribution in [3.05, 3.63) is 71.4 Å². The Bertz CT molecular complexity index is 1060. The van der Waals surface area contributed by atoms with Crippen molar-refractivity contribution in [1.82, 2.24) is 9.88 Å². The molecule has 3 aromatic rings. The number of carbonyl (C=O) groups is 2. The highest BCUT2D eigenvalue weighted by molar-refractivity contribution is 5.81. The summed E-state index contributed by atoms with van der Waals surface area (Å²) in [4.78, 5) is 23.7. The van der Waals surface area contributed by atoms with Crippen LogP contribution in [-0.2, 0) is 40.3 Å². The van der Waals surface area contributed by atoms with E-state index in [1.807, 2.05) is 53.2 Å². The molecule has 0 spiro atoms. The summed E-state index contributed by atoms with van der Waals surface area (Å²) in [7, 11) is 0. The van der Waals surface area contributed by atoms with Crippen molar-refractivity contribution >= 4 is 22.8 Å². The van der Waals surface area contributed by atoms with E-state index in [4.69, 9.17) is 10.00 Å². The second kappa shape index (κ2) is 10.3. The van der Waals surface area contributed by atoms with Crippen LogP contribution in [0, 0.1) is 11.3 Å². The summed E-state index contributed by atoms with van der Waals surface area (Å²) >= 11 is 0. The lowest BCUT2D eigenvalue weighted by atomic mass is 10.1. The fraction of sp³-hybridized carbons (Fsp3) is 0.292. The van der Waals surface area contributed by atoms with Crippen LogP contribution in [0.5, 0.6) is 0 Å². The monoisotopic (exact) mass is 403 g/mol. The molecule has 0 fully saturated rings. The summed E-state index contributed by atoms with van der Waals surface area (Å²) in [5, 5.41) is 12.9. The van der Waals surface area contributed by atoms with E-state index in [0.717, 1.165) is 27.6 Å². The number of nitrogens with zero attached hydrogens (tertiary/aromatic N) is 2. The zero-order chi connectivity index (χ0) is 21.3. The molecule has 0 aliphatic heterocycles. The van der Waals surface area contributed by atoms with Crippen LogP contribution < -0.4 is 5.32 Å². The topological polar surface area (TPSA) is 84.1 Å². The molecule has 30 heavy (non-hydrogen) atoms. The van der Waals surface area contributed by atoms with Gasteiger partial charge < -0.3 is 14.6 Å². The van der Waals surface area contributed by atoms with Gasteiger partial charge in [-0.15, -0.1) is 0 Å². The predicted octanol–water partition coefficient (Wildman–Crippen LogP) is 3.52. The quantitative estimate of drug-likeness (QED) is 0.554. The molecular formula is C24H25N3O3. The lowest BCUT2D eigenvalue weighted by molar-refractivity contribution is -0.142. The molecule has 1 heterocycles. The van der Waals surface area contributed by atoms with Crippen LogP contribution in [-0.4, -0.2) is 23.1 Å². The Hall–Kier alpha value is -3.59. The Labute approximate surface area is 176 Å². The molecule has 0 aliphatic rings. The van der Waals surface area contributed by atoms with Crippen LogP contribution in [0.4, 0.5) is 0 Å². The number of amides is 1. The van der Waals surface area contributed by atoms with Crippen molar-refractivity contribution in [2.24, 2.45) is 0 Å². The number of hydrogen-bond donors (Lipinski definition) is 1. The molecule has 0 unspecified atom stereocenters. The lowest BCUT2D eigenvalue weighted by Gasteiger charge is -2.07. The highest BCUT2D eigenvalue weighted by Gasteiger charge is 2.07. The number of hydrogen-bond acceptors (Lipinski definition) is 4. The van der Waals surface area contributed by atoms with Gasteiger partial charge in [0.05, 0.1) is 19.1 Å². The molecule has 0 radical (unpaired) electrons. The highest BCUT2D eigenvalue weighted by atomic mass is 16.5. The van der Waals surface area contributed by atoms with Gasteiger partial charge in [-0.3, -0.25) is 9.59 Å². The maximum absolute atomic E-state index is 12.2. The van der Waals surface area contributed by atoms with Crippen molar-refractivity contribution in [3.63, 3.8) is 0 Å².